The first kappa shape index (κ1) is 17.2. The van der Waals surface area contributed by atoms with E-state index in [4.69, 9.17) is 4.74 Å². The topological polar surface area (TPSA) is 70.2 Å². The van der Waals surface area contributed by atoms with E-state index in [1.54, 1.807) is 24.6 Å². The first-order chi connectivity index (χ1) is 13.7. The molecule has 0 atom stereocenters. The number of fused-ring (bicyclic) bond motifs is 2. The fourth-order valence-electron chi connectivity index (χ4n) is 3.63. The molecule has 4 aromatic rings. The standard InChI is InChI=1S/C21H20N4O2S/c1-27-17-3-5-20-13(7-17)8-18(28-20)12-25-10-15(11-25)21(26)23-16-2-4-19-14(6-16)9-22-24-19/h2-9,15H,10-12H2,1H3,(H,22,24)(H,23,26). The molecule has 7 heteroatoms. The van der Waals surface area contributed by atoms with Crippen molar-refractivity contribution in [3.05, 3.63) is 53.5 Å². The van der Waals surface area contributed by atoms with E-state index in [-0.39, 0.29) is 11.8 Å². The highest BCUT2D eigenvalue weighted by Crippen LogP contribution is 2.31. The fourth-order valence-corrected chi connectivity index (χ4v) is 4.72. The van der Waals surface area contributed by atoms with Crippen LogP contribution in [0.4, 0.5) is 5.69 Å². The van der Waals surface area contributed by atoms with E-state index < -0.39 is 0 Å². The largest absolute Gasteiger partial charge is 0.497 e. The summed E-state index contributed by atoms with van der Waals surface area (Å²) in [5, 5.41) is 12.2. The smallest absolute Gasteiger partial charge is 0.230 e. The van der Waals surface area contributed by atoms with Gasteiger partial charge in [-0.3, -0.25) is 14.8 Å². The number of thiophene rings is 1. The lowest BCUT2D eigenvalue weighted by atomic mass is 9.99. The number of hydrogen-bond acceptors (Lipinski definition) is 5. The number of aromatic nitrogens is 2. The summed E-state index contributed by atoms with van der Waals surface area (Å²) < 4.78 is 6.56. The Morgan fingerprint density at radius 2 is 2.14 bits per heavy atom. The number of methoxy groups -OCH3 is 1. The predicted molar refractivity (Wildman–Crippen MR) is 112 cm³/mol. The molecule has 2 aromatic carbocycles. The van der Waals surface area contributed by atoms with E-state index in [9.17, 15) is 4.79 Å². The summed E-state index contributed by atoms with van der Waals surface area (Å²) in [6.07, 6.45) is 1.76. The molecule has 5 rings (SSSR count). The van der Waals surface area contributed by atoms with Gasteiger partial charge in [0.2, 0.25) is 5.91 Å². The summed E-state index contributed by atoms with van der Waals surface area (Å²) in [7, 11) is 1.69. The van der Waals surface area contributed by atoms with Gasteiger partial charge in [0.25, 0.3) is 0 Å². The summed E-state index contributed by atoms with van der Waals surface area (Å²) in [4.78, 5) is 16.1. The Morgan fingerprint density at radius 3 is 3.00 bits per heavy atom. The minimum atomic E-state index is 0.0366. The van der Waals surface area contributed by atoms with Crippen LogP contribution in [-0.4, -0.2) is 41.2 Å². The maximum absolute atomic E-state index is 12.5. The summed E-state index contributed by atoms with van der Waals surface area (Å²) in [5.74, 6) is 1.00. The molecular weight excluding hydrogens is 372 g/mol. The van der Waals surface area contributed by atoms with Gasteiger partial charge in [-0.1, -0.05) is 0 Å². The molecule has 0 aliphatic carbocycles. The van der Waals surface area contributed by atoms with Crippen molar-refractivity contribution in [2.24, 2.45) is 5.92 Å². The van der Waals surface area contributed by atoms with Crippen molar-refractivity contribution >= 4 is 43.9 Å². The molecule has 1 saturated heterocycles. The van der Waals surface area contributed by atoms with Crippen molar-refractivity contribution in [3.8, 4) is 5.75 Å². The third kappa shape index (κ3) is 3.23. The van der Waals surface area contributed by atoms with Crippen LogP contribution in [0.15, 0.2) is 48.7 Å². The van der Waals surface area contributed by atoms with Gasteiger partial charge >= 0.3 is 0 Å². The Labute approximate surface area is 166 Å². The highest BCUT2D eigenvalue weighted by molar-refractivity contribution is 7.19. The molecule has 1 aliphatic rings. The number of amides is 1. The number of nitrogens with zero attached hydrogens (tertiary/aromatic N) is 2. The number of nitrogens with one attached hydrogen (secondary N) is 2. The molecular formula is C21H20N4O2S. The average molecular weight is 392 g/mol. The third-order valence-electron chi connectivity index (χ3n) is 5.19. The number of anilines is 1. The normalized spacial score (nSPS) is 15.0. The van der Waals surface area contributed by atoms with Crippen LogP contribution in [-0.2, 0) is 11.3 Å². The summed E-state index contributed by atoms with van der Waals surface area (Å²) >= 11 is 1.80. The number of benzene rings is 2. The van der Waals surface area contributed by atoms with Gasteiger partial charge < -0.3 is 10.1 Å². The van der Waals surface area contributed by atoms with Crippen molar-refractivity contribution in [1.29, 1.82) is 0 Å². The van der Waals surface area contributed by atoms with Crippen LogP contribution in [0.1, 0.15) is 4.88 Å². The molecule has 6 nitrogen and oxygen atoms in total. The van der Waals surface area contributed by atoms with E-state index >= 15 is 0 Å². The molecule has 28 heavy (non-hydrogen) atoms. The highest BCUT2D eigenvalue weighted by Gasteiger charge is 2.32. The molecule has 1 aliphatic heterocycles. The van der Waals surface area contributed by atoms with E-state index in [2.05, 4.69) is 38.6 Å². The van der Waals surface area contributed by atoms with Crippen LogP contribution in [0.5, 0.6) is 5.75 Å². The minimum absolute atomic E-state index is 0.0366. The molecule has 0 radical (unpaired) electrons. The van der Waals surface area contributed by atoms with Gasteiger partial charge in [0.1, 0.15) is 5.75 Å². The Hall–Kier alpha value is -2.90. The maximum Gasteiger partial charge on any atom is 0.230 e. The van der Waals surface area contributed by atoms with Crippen molar-refractivity contribution < 1.29 is 9.53 Å². The second-order valence-corrected chi connectivity index (χ2v) is 8.34. The summed E-state index contributed by atoms with van der Waals surface area (Å²) in [6, 6.07) is 14.2. The number of carbonyl (C=O) groups is 1. The number of H-pyrrole nitrogens is 1. The van der Waals surface area contributed by atoms with Crippen LogP contribution >= 0.6 is 11.3 Å². The van der Waals surface area contributed by atoms with Crippen LogP contribution in [0.25, 0.3) is 21.0 Å². The molecule has 2 N–H and O–H groups in total. The van der Waals surface area contributed by atoms with E-state index in [1.165, 1.54) is 15.0 Å². The lowest BCUT2D eigenvalue weighted by Gasteiger charge is -2.37. The van der Waals surface area contributed by atoms with Crippen LogP contribution < -0.4 is 10.1 Å². The number of hydrogen-bond donors (Lipinski definition) is 2. The SMILES string of the molecule is COc1ccc2sc(CN3CC(C(=O)Nc4ccc5[nH]ncc5c4)C3)cc2c1. The number of likely N-dealkylation sites (tertiary alicyclic amines) is 1. The third-order valence-corrected chi connectivity index (χ3v) is 6.29. The van der Waals surface area contributed by atoms with Gasteiger partial charge in [0, 0.05) is 40.3 Å². The quantitative estimate of drug-likeness (QED) is 0.541. The number of rotatable bonds is 5. The zero-order valence-electron chi connectivity index (χ0n) is 15.4. The van der Waals surface area contributed by atoms with Crippen molar-refractivity contribution in [3.63, 3.8) is 0 Å². The van der Waals surface area contributed by atoms with Gasteiger partial charge in [-0.05, 0) is 47.9 Å². The summed E-state index contributed by atoms with van der Waals surface area (Å²) in [5.41, 5.74) is 1.78. The molecule has 142 valence electrons. The second kappa shape index (κ2) is 6.92. The first-order valence-corrected chi connectivity index (χ1v) is 10.0. The van der Waals surface area contributed by atoms with Crippen molar-refractivity contribution in [2.45, 2.75) is 6.54 Å². The van der Waals surface area contributed by atoms with E-state index in [0.717, 1.165) is 42.0 Å². The van der Waals surface area contributed by atoms with Gasteiger partial charge in [-0.25, -0.2) is 0 Å². The van der Waals surface area contributed by atoms with Crippen molar-refractivity contribution in [1.82, 2.24) is 15.1 Å². The lowest BCUT2D eigenvalue weighted by Crippen LogP contribution is -2.51. The molecule has 0 saturated carbocycles. The Balaban J connectivity index is 1.18. The molecule has 0 spiro atoms. The monoisotopic (exact) mass is 392 g/mol. The Morgan fingerprint density at radius 1 is 1.25 bits per heavy atom. The molecule has 2 aromatic heterocycles. The molecule has 1 amide bonds. The zero-order valence-corrected chi connectivity index (χ0v) is 16.3. The molecule has 0 unspecified atom stereocenters. The van der Waals surface area contributed by atoms with E-state index in [0.29, 0.717) is 0 Å². The molecule has 1 fully saturated rings. The second-order valence-electron chi connectivity index (χ2n) is 7.17. The summed E-state index contributed by atoms with van der Waals surface area (Å²) in [6.45, 7) is 2.46. The average Bonchev–Trinajstić information content (AvgIpc) is 3.29. The number of ether oxygens (including phenoxy) is 1. The van der Waals surface area contributed by atoms with E-state index in [1.807, 2.05) is 24.3 Å². The Kier molecular flexibility index (Phi) is 4.26. The predicted octanol–water partition coefficient (Wildman–Crippen LogP) is 3.86. The van der Waals surface area contributed by atoms with Crippen LogP contribution in [0.3, 0.4) is 0 Å². The minimum Gasteiger partial charge on any atom is -0.497 e. The van der Waals surface area contributed by atoms with Crippen LogP contribution in [0, 0.1) is 5.92 Å². The zero-order chi connectivity index (χ0) is 19.1. The maximum atomic E-state index is 12.5. The number of carbonyl (C=O) groups excluding carboxylic acids is 1. The highest BCUT2D eigenvalue weighted by atomic mass is 32.1. The first-order valence-electron chi connectivity index (χ1n) is 9.21. The number of aromatic amines is 1. The van der Waals surface area contributed by atoms with Gasteiger partial charge in [0.15, 0.2) is 0 Å². The lowest BCUT2D eigenvalue weighted by molar-refractivity contribution is -0.125. The van der Waals surface area contributed by atoms with Crippen molar-refractivity contribution in [2.75, 3.05) is 25.5 Å². The Bertz CT molecular complexity index is 1160. The molecule has 3 heterocycles. The van der Waals surface area contributed by atoms with Gasteiger partial charge in [0.05, 0.1) is 24.7 Å². The fraction of sp³-hybridized carbons (Fsp3) is 0.238. The van der Waals surface area contributed by atoms with Gasteiger partial charge in [-0.15, -0.1) is 11.3 Å². The molecule has 0 bridgehead atoms. The van der Waals surface area contributed by atoms with Gasteiger partial charge in [-0.2, -0.15) is 5.10 Å². The van der Waals surface area contributed by atoms with Crippen LogP contribution in [0.2, 0.25) is 0 Å².